The second kappa shape index (κ2) is 9.76. The molecule has 1 fully saturated rings. The summed E-state index contributed by atoms with van der Waals surface area (Å²) in [5.74, 6) is -0.222. The molecule has 0 atom stereocenters. The number of nitro groups is 1. The summed E-state index contributed by atoms with van der Waals surface area (Å²) in [6.45, 7) is 1.77. The Hall–Kier alpha value is -2.58. The highest BCUT2D eigenvalue weighted by Gasteiger charge is 2.20. The van der Waals surface area contributed by atoms with E-state index in [4.69, 9.17) is 11.6 Å². The van der Waals surface area contributed by atoms with Gasteiger partial charge in [-0.05, 0) is 43.2 Å². The van der Waals surface area contributed by atoms with Gasteiger partial charge in [-0.2, -0.15) is 0 Å². The SMILES string of the molecule is O=C(NCCCN1CCCC1=O)c1ccc(Sc2cccc(Cl)c2)c([N+](=O)[O-])c1. The predicted molar refractivity (Wildman–Crippen MR) is 111 cm³/mol. The van der Waals surface area contributed by atoms with Gasteiger partial charge in [-0.15, -0.1) is 0 Å². The molecule has 9 heteroatoms. The van der Waals surface area contributed by atoms with Crippen molar-refractivity contribution in [3.8, 4) is 0 Å². The van der Waals surface area contributed by atoms with Crippen LogP contribution in [0.5, 0.6) is 0 Å². The quantitative estimate of drug-likeness (QED) is 0.383. The summed E-state index contributed by atoms with van der Waals surface area (Å²) in [7, 11) is 0. The molecule has 2 aromatic rings. The van der Waals surface area contributed by atoms with Gasteiger partial charge in [-0.3, -0.25) is 19.7 Å². The lowest BCUT2D eigenvalue weighted by atomic mass is 10.2. The Bertz CT molecular complexity index is 938. The molecule has 0 spiro atoms. The highest BCUT2D eigenvalue weighted by molar-refractivity contribution is 7.99. The van der Waals surface area contributed by atoms with Gasteiger partial charge in [-0.25, -0.2) is 0 Å². The van der Waals surface area contributed by atoms with Crippen molar-refractivity contribution in [3.05, 3.63) is 63.2 Å². The normalized spacial score (nSPS) is 13.6. The number of halogens is 1. The van der Waals surface area contributed by atoms with Crippen LogP contribution in [-0.4, -0.2) is 41.3 Å². The van der Waals surface area contributed by atoms with Crippen molar-refractivity contribution in [2.45, 2.75) is 29.1 Å². The number of amides is 2. The van der Waals surface area contributed by atoms with Crippen LogP contribution in [0.1, 0.15) is 29.6 Å². The molecule has 1 N–H and O–H groups in total. The monoisotopic (exact) mass is 433 g/mol. The van der Waals surface area contributed by atoms with Crippen LogP contribution in [0.2, 0.25) is 5.02 Å². The van der Waals surface area contributed by atoms with Gasteiger partial charge >= 0.3 is 0 Å². The number of carbonyl (C=O) groups excluding carboxylic acids is 2. The summed E-state index contributed by atoms with van der Waals surface area (Å²) in [5, 5.41) is 14.8. The van der Waals surface area contributed by atoms with Crippen LogP contribution in [-0.2, 0) is 4.79 Å². The van der Waals surface area contributed by atoms with Crippen LogP contribution >= 0.6 is 23.4 Å². The zero-order chi connectivity index (χ0) is 20.8. The van der Waals surface area contributed by atoms with Crippen LogP contribution in [0, 0.1) is 10.1 Å². The van der Waals surface area contributed by atoms with E-state index in [0.29, 0.717) is 35.8 Å². The van der Waals surface area contributed by atoms with E-state index >= 15 is 0 Å². The first-order valence-corrected chi connectivity index (χ1v) is 10.4. The molecule has 152 valence electrons. The van der Waals surface area contributed by atoms with Crippen molar-refractivity contribution < 1.29 is 14.5 Å². The fourth-order valence-electron chi connectivity index (χ4n) is 3.06. The minimum absolute atomic E-state index is 0.134. The topological polar surface area (TPSA) is 92.6 Å². The summed E-state index contributed by atoms with van der Waals surface area (Å²) in [6.07, 6.45) is 2.12. The van der Waals surface area contributed by atoms with Crippen molar-refractivity contribution in [2.75, 3.05) is 19.6 Å². The standard InChI is InChI=1S/C20H20ClN3O4S/c21-15-4-1-5-16(13-15)29-18-8-7-14(12-17(18)24(27)28)20(26)22-9-3-11-23-10-2-6-19(23)25/h1,4-5,7-8,12-13H,2-3,6,9-11H2,(H,22,26). The van der Waals surface area contributed by atoms with Gasteiger partial charge in [0.05, 0.1) is 9.82 Å². The number of hydrogen-bond donors (Lipinski definition) is 1. The molecule has 1 saturated heterocycles. The first kappa shape index (κ1) is 21.1. The van der Waals surface area contributed by atoms with E-state index < -0.39 is 4.92 Å². The van der Waals surface area contributed by atoms with E-state index in [9.17, 15) is 19.7 Å². The fourth-order valence-corrected chi connectivity index (χ4v) is 4.27. The summed E-state index contributed by atoms with van der Waals surface area (Å²) in [4.78, 5) is 37.9. The Morgan fingerprint density at radius 2 is 2.10 bits per heavy atom. The number of rotatable bonds is 8. The molecule has 1 heterocycles. The number of nitrogens with zero attached hydrogens (tertiary/aromatic N) is 2. The Labute approximate surface area is 177 Å². The Kier molecular flexibility index (Phi) is 7.11. The second-order valence-corrected chi connectivity index (χ2v) is 8.14. The molecule has 1 aliphatic rings. The van der Waals surface area contributed by atoms with E-state index in [1.54, 1.807) is 35.2 Å². The van der Waals surface area contributed by atoms with Gasteiger partial charge in [0.15, 0.2) is 0 Å². The molecule has 0 saturated carbocycles. The molecule has 0 aliphatic carbocycles. The minimum atomic E-state index is -0.497. The number of nitro benzene ring substituents is 1. The summed E-state index contributed by atoms with van der Waals surface area (Å²) < 4.78 is 0. The van der Waals surface area contributed by atoms with Crippen molar-refractivity contribution in [1.82, 2.24) is 10.2 Å². The van der Waals surface area contributed by atoms with E-state index in [0.717, 1.165) is 17.9 Å². The third-order valence-electron chi connectivity index (χ3n) is 4.50. The van der Waals surface area contributed by atoms with E-state index in [1.165, 1.54) is 17.8 Å². The van der Waals surface area contributed by atoms with Gasteiger partial charge < -0.3 is 10.2 Å². The summed E-state index contributed by atoms with van der Waals surface area (Å²) >= 11 is 7.19. The van der Waals surface area contributed by atoms with Crippen LogP contribution in [0.15, 0.2) is 52.3 Å². The second-order valence-electron chi connectivity index (χ2n) is 6.59. The number of benzene rings is 2. The first-order chi connectivity index (χ1) is 13.9. The van der Waals surface area contributed by atoms with Crippen molar-refractivity contribution in [3.63, 3.8) is 0 Å². The average molecular weight is 434 g/mol. The Balaban J connectivity index is 1.61. The molecule has 0 unspecified atom stereocenters. The zero-order valence-electron chi connectivity index (χ0n) is 15.6. The minimum Gasteiger partial charge on any atom is -0.352 e. The van der Waals surface area contributed by atoms with Crippen LogP contribution < -0.4 is 5.32 Å². The predicted octanol–water partition coefficient (Wildman–Crippen LogP) is 4.14. The highest BCUT2D eigenvalue weighted by Crippen LogP contribution is 2.36. The zero-order valence-corrected chi connectivity index (χ0v) is 17.2. The third kappa shape index (κ3) is 5.71. The molecule has 0 bridgehead atoms. The molecule has 3 rings (SSSR count). The van der Waals surface area contributed by atoms with Crippen molar-refractivity contribution >= 4 is 40.9 Å². The van der Waals surface area contributed by atoms with E-state index in [-0.39, 0.29) is 23.1 Å². The lowest BCUT2D eigenvalue weighted by molar-refractivity contribution is -0.387. The largest absolute Gasteiger partial charge is 0.352 e. The number of likely N-dealkylation sites (tertiary alicyclic amines) is 1. The van der Waals surface area contributed by atoms with Crippen molar-refractivity contribution in [1.29, 1.82) is 0 Å². The van der Waals surface area contributed by atoms with Gasteiger partial charge in [0.1, 0.15) is 0 Å². The number of carbonyl (C=O) groups is 2. The van der Waals surface area contributed by atoms with Gasteiger partial charge in [0.25, 0.3) is 11.6 Å². The Morgan fingerprint density at radius 3 is 2.79 bits per heavy atom. The average Bonchev–Trinajstić information content (AvgIpc) is 3.10. The molecule has 2 aromatic carbocycles. The molecule has 2 amide bonds. The molecule has 0 radical (unpaired) electrons. The lowest BCUT2D eigenvalue weighted by Crippen LogP contribution is -2.30. The molecule has 0 aromatic heterocycles. The molecular formula is C20H20ClN3O4S. The maximum absolute atomic E-state index is 12.4. The lowest BCUT2D eigenvalue weighted by Gasteiger charge is -2.15. The maximum atomic E-state index is 12.4. The van der Waals surface area contributed by atoms with Gasteiger partial charge in [-0.1, -0.05) is 29.4 Å². The first-order valence-electron chi connectivity index (χ1n) is 9.22. The molecule has 7 nitrogen and oxygen atoms in total. The van der Waals surface area contributed by atoms with Crippen LogP contribution in [0.4, 0.5) is 5.69 Å². The van der Waals surface area contributed by atoms with Gasteiger partial charge in [0, 0.05) is 47.6 Å². The summed E-state index contributed by atoms with van der Waals surface area (Å²) in [6, 6.07) is 11.5. The molecular weight excluding hydrogens is 414 g/mol. The van der Waals surface area contributed by atoms with Crippen LogP contribution in [0.25, 0.3) is 0 Å². The van der Waals surface area contributed by atoms with E-state index in [2.05, 4.69) is 5.32 Å². The number of hydrogen-bond acceptors (Lipinski definition) is 5. The number of nitrogens with one attached hydrogen (secondary N) is 1. The van der Waals surface area contributed by atoms with Gasteiger partial charge in [0.2, 0.25) is 5.91 Å². The Morgan fingerprint density at radius 1 is 1.28 bits per heavy atom. The molecule has 29 heavy (non-hydrogen) atoms. The van der Waals surface area contributed by atoms with Crippen LogP contribution in [0.3, 0.4) is 0 Å². The summed E-state index contributed by atoms with van der Waals surface area (Å²) in [5.41, 5.74) is 0.0923. The smallest absolute Gasteiger partial charge is 0.284 e. The third-order valence-corrected chi connectivity index (χ3v) is 5.79. The molecule has 1 aliphatic heterocycles. The fraction of sp³-hybridized carbons (Fsp3) is 0.300. The van der Waals surface area contributed by atoms with Crippen molar-refractivity contribution in [2.24, 2.45) is 0 Å². The van der Waals surface area contributed by atoms with E-state index in [1.807, 2.05) is 6.07 Å². The maximum Gasteiger partial charge on any atom is 0.284 e. The highest BCUT2D eigenvalue weighted by atomic mass is 35.5.